The maximum atomic E-state index is 11.5. The van der Waals surface area contributed by atoms with Crippen LogP contribution in [0.2, 0.25) is 0 Å². The van der Waals surface area contributed by atoms with Crippen LogP contribution in [-0.4, -0.2) is 63.7 Å². The number of guanidine groups is 1. The minimum atomic E-state index is -0.0390. The van der Waals surface area contributed by atoms with Gasteiger partial charge in [0.05, 0.1) is 6.61 Å². The smallest absolute Gasteiger partial charge is 0.243 e. The van der Waals surface area contributed by atoms with E-state index in [-0.39, 0.29) is 12.5 Å². The molecule has 0 fully saturated rings. The largest absolute Gasteiger partial charge is 0.380 e. The Kier molecular flexibility index (Phi) is 11.3. The summed E-state index contributed by atoms with van der Waals surface area (Å²) in [6.45, 7) is 10.7. The van der Waals surface area contributed by atoms with Crippen LogP contribution in [0.15, 0.2) is 17.6 Å². The summed E-state index contributed by atoms with van der Waals surface area (Å²) in [5, 5.41) is 6.20. The average molecular weight is 298 g/mol. The molecule has 1 amide bonds. The normalized spacial score (nSPS) is 11.4. The summed E-state index contributed by atoms with van der Waals surface area (Å²) >= 11 is 0. The number of aliphatic imine (C=N–C) groups is 1. The molecule has 0 saturated heterocycles. The molecule has 0 saturated carbocycles. The highest BCUT2D eigenvalue weighted by atomic mass is 16.5. The van der Waals surface area contributed by atoms with E-state index in [1.54, 1.807) is 20.2 Å². The van der Waals surface area contributed by atoms with Gasteiger partial charge in [-0.3, -0.25) is 4.79 Å². The highest BCUT2D eigenvalue weighted by Crippen LogP contribution is 1.98. The number of ether oxygens (including phenoxy) is 1. The van der Waals surface area contributed by atoms with Gasteiger partial charge in [-0.2, -0.15) is 0 Å². The number of carbonyl (C=O) groups excluding carboxylic acids is 1. The van der Waals surface area contributed by atoms with E-state index in [4.69, 9.17) is 4.74 Å². The molecule has 0 aromatic rings. The Morgan fingerprint density at radius 2 is 2.05 bits per heavy atom. The standard InChI is InChI=1S/C15H30N4O2/c1-6-8-16-15(18-12-14(20)19(4)5)17-9-11-21-10-7-13(2)3/h6,13H,1,7-12H2,2-5H3,(H2,16,17,18). The molecule has 0 heterocycles. The summed E-state index contributed by atoms with van der Waals surface area (Å²) in [5.74, 6) is 1.21. The lowest BCUT2D eigenvalue weighted by atomic mass is 10.1. The second kappa shape index (κ2) is 12.2. The van der Waals surface area contributed by atoms with Crippen LogP contribution < -0.4 is 10.6 Å². The van der Waals surface area contributed by atoms with Crippen molar-refractivity contribution in [3.8, 4) is 0 Å². The Labute approximate surface area is 128 Å². The molecule has 0 bridgehead atoms. The second-order valence-corrected chi connectivity index (χ2v) is 5.34. The Hall–Kier alpha value is -1.56. The number of hydrogen-bond donors (Lipinski definition) is 2. The van der Waals surface area contributed by atoms with Crippen molar-refractivity contribution in [3.05, 3.63) is 12.7 Å². The van der Waals surface area contributed by atoms with Crippen molar-refractivity contribution in [2.24, 2.45) is 10.9 Å². The third-order valence-corrected chi connectivity index (χ3v) is 2.66. The molecule has 0 radical (unpaired) electrons. The first-order valence-electron chi connectivity index (χ1n) is 7.38. The van der Waals surface area contributed by atoms with Crippen LogP contribution in [0, 0.1) is 5.92 Å². The van der Waals surface area contributed by atoms with Crippen molar-refractivity contribution in [2.75, 3.05) is 46.9 Å². The zero-order valence-electron chi connectivity index (χ0n) is 13.8. The van der Waals surface area contributed by atoms with Crippen LogP contribution in [0.4, 0.5) is 0 Å². The summed E-state index contributed by atoms with van der Waals surface area (Å²) in [6.07, 6.45) is 2.80. The molecule has 122 valence electrons. The number of amides is 1. The zero-order chi connectivity index (χ0) is 16.1. The van der Waals surface area contributed by atoms with E-state index in [0.717, 1.165) is 13.0 Å². The first kappa shape index (κ1) is 19.4. The van der Waals surface area contributed by atoms with Crippen LogP contribution in [0.3, 0.4) is 0 Å². The first-order chi connectivity index (χ1) is 9.97. The Morgan fingerprint density at radius 3 is 2.62 bits per heavy atom. The number of nitrogens with one attached hydrogen (secondary N) is 2. The summed E-state index contributed by atoms with van der Waals surface area (Å²) < 4.78 is 5.52. The van der Waals surface area contributed by atoms with E-state index in [9.17, 15) is 4.79 Å². The van der Waals surface area contributed by atoms with E-state index >= 15 is 0 Å². The molecule has 0 aromatic carbocycles. The lowest BCUT2D eigenvalue weighted by molar-refractivity contribution is -0.127. The number of nitrogens with zero attached hydrogens (tertiary/aromatic N) is 2. The summed E-state index contributed by atoms with van der Waals surface area (Å²) in [4.78, 5) is 17.3. The van der Waals surface area contributed by atoms with Crippen LogP contribution in [0.1, 0.15) is 20.3 Å². The second-order valence-electron chi connectivity index (χ2n) is 5.34. The molecule has 0 aliphatic rings. The van der Waals surface area contributed by atoms with E-state index in [0.29, 0.717) is 31.6 Å². The maximum Gasteiger partial charge on any atom is 0.243 e. The van der Waals surface area contributed by atoms with Gasteiger partial charge in [0.15, 0.2) is 5.96 Å². The molecule has 0 rings (SSSR count). The van der Waals surface area contributed by atoms with Gasteiger partial charge in [0.25, 0.3) is 0 Å². The van der Waals surface area contributed by atoms with E-state index < -0.39 is 0 Å². The molecule has 0 aliphatic heterocycles. The van der Waals surface area contributed by atoms with Gasteiger partial charge in [0, 0.05) is 33.8 Å². The van der Waals surface area contributed by atoms with Gasteiger partial charge in [0.2, 0.25) is 5.91 Å². The third kappa shape index (κ3) is 11.9. The summed E-state index contributed by atoms with van der Waals surface area (Å²) in [5.41, 5.74) is 0. The lowest BCUT2D eigenvalue weighted by Crippen LogP contribution is -2.40. The number of carbonyl (C=O) groups is 1. The van der Waals surface area contributed by atoms with Gasteiger partial charge in [0.1, 0.15) is 6.54 Å². The number of likely N-dealkylation sites (N-methyl/N-ethyl adjacent to an activating group) is 1. The van der Waals surface area contributed by atoms with Crippen LogP contribution in [0.5, 0.6) is 0 Å². The topological polar surface area (TPSA) is 66.0 Å². The summed E-state index contributed by atoms with van der Waals surface area (Å²) in [7, 11) is 3.43. The summed E-state index contributed by atoms with van der Waals surface area (Å²) in [6, 6.07) is 0. The van der Waals surface area contributed by atoms with E-state index in [1.807, 2.05) is 0 Å². The van der Waals surface area contributed by atoms with E-state index in [2.05, 4.69) is 36.1 Å². The molecular formula is C15H30N4O2. The molecular weight excluding hydrogens is 268 g/mol. The van der Waals surface area contributed by atoms with E-state index in [1.165, 1.54) is 4.90 Å². The SMILES string of the molecule is C=CCNC(=NCC(=O)N(C)C)NCCOCCC(C)C. The van der Waals surface area contributed by atoms with Crippen molar-refractivity contribution in [1.82, 2.24) is 15.5 Å². The lowest BCUT2D eigenvalue weighted by Gasteiger charge is -2.13. The highest BCUT2D eigenvalue weighted by molar-refractivity contribution is 5.84. The maximum absolute atomic E-state index is 11.5. The van der Waals surface area contributed by atoms with Crippen molar-refractivity contribution >= 4 is 11.9 Å². The van der Waals surface area contributed by atoms with Crippen molar-refractivity contribution < 1.29 is 9.53 Å². The molecule has 21 heavy (non-hydrogen) atoms. The molecule has 0 aromatic heterocycles. The Balaban J connectivity index is 4.03. The zero-order valence-corrected chi connectivity index (χ0v) is 13.8. The van der Waals surface area contributed by atoms with Gasteiger partial charge in [-0.25, -0.2) is 4.99 Å². The van der Waals surface area contributed by atoms with Crippen molar-refractivity contribution in [2.45, 2.75) is 20.3 Å². The number of hydrogen-bond acceptors (Lipinski definition) is 3. The average Bonchev–Trinajstić information content (AvgIpc) is 2.43. The molecule has 0 aliphatic carbocycles. The monoisotopic (exact) mass is 298 g/mol. The van der Waals surface area contributed by atoms with Gasteiger partial charge in [-0.05, 0) is 12.3 Å². The Morgan fingerprint density at radius 1 is 1.33 bits per heavy atom. The molecule has 0 unspecified atom stereocenters. The number of rotatable bonds is 10. The van der Waals surface area contributed by atoms with Gasteiger partial charge in [-0.15, -0.1) is 6.58 Å². The predicted molar refractivity (Wildman–Crippen MR) is 87.5 cm³/mol. The quantitative estimate of drug-likeness (QED) is 0.272. The van der Waals surface area contributed by atoms with Gasteiger partial charge >= 0.3 is 0 Å². The van der Waals surface area contributed by atoms with Crippen LogP contribution in [0.25, 0.3) is 0 Å². The Bertz CT molecular complexity index is 328. The van der Waals surface area contributed by atoms with Gasteiger partial charge in [-0.1, -0.05) is 19.9 Å². The molecule has 2 N–H and O–H groups in total. The van der Waals surface area contributed by atoms with Crippen molar-refractivity contribution in [3.63, 3.8) is 0 Å². The fraction of sp³-hybridized carbons (Fsp3) is 0.733. The minimum absolute atomic E-state index is 0.0390. The van der Waals surface area contributed by atoms with Crippen LogP contribution >= 0.6 is 0 Å². The minimum Gasteiger partial charge on any atom is -0.380 e. The fourth-order valence-corrected chi connectivity index (χ4v) is 1.29. The molecule has 6 heteroatoms. The third-order valence-electron chi connectivity index (χ3n) is 2.66. The fourth-order valence-electron chi connectivity index (χ4n) is 1.29. The molecule has 6 nitrogen and oxygen atoms in total. The molecule has 0 spiro atoms. The van der Waals surface area contributed by atoms with Crippen molar-refractivity contribution in [1.29, 1.82) is 0 Å². The predicted octanol–water partition coefficient (Wildman–Crippen LogP) is 0.859. The van der Waals surface area contributed by atoms with Gasteiger partial charge < -0.3 is 20.3 Å². The van der Waals surface area contributed by atoms with Crippen LogP contribution in [-0.2, 0) is 9.53 Å². The molecule has 0 atom stereocenters. The highest BCUT2D eigenvalue weighted by Gasteiger charge is 2.03. The first-order valence-corrected chi connectivity index (χ1v) is 7.38.